The molecule has 4 unspecified atom stereocenters. The molecule has 4 atom stereocenters. The lowest BCUT2D eigenvalue weighted by atomic mass is 9.95. The van der Waals surface area contributed by atoms with Crippen molar-refractivity contribution in [2.75, 3.05) is 51.3 Å². The Kier molecular flexibility index (Phi) is 10.8. The van der Waals surface area contributed by atoms with Crippen LogP contribution in [-0.4, -0.2) is 106 Å². The minimum atomic E-state index is -0.763. The summed E-state index contributed by atoms with van der Waals surface area (Å²) in [5.74, 6) is 3.21. The van der Waals surface area contributed by atoms with Crippen molar-refractivity contribution in [3.05, 3.63) is 41.5 Å². The summed E-state index contributed by atoms with van der Waals surface area (Å²) in [6.45, 7) is 13.7. The number of terminal acetylenes is 1. The Hall–Kier alpha value is -4.80. The maximum absolute atomic E-state index is 17.3. The number of hydrogen-bond donors (Lipinski definition) is 2. The molecule has 2 aliphatic heterocycles. The highest BCUT2D eigenvalue weighted by Crippen LogP contribution is 2.51. The zero-order valence-electron chi connectivity index (χ0n) is 32.2. The number of benzene rings is 2. The molecule has 2 saturated carbocycles. The van der Waals surface area contributed by atoms with Crippen molar-refractivity contribution >= 4 is 34.0 Å². The molecule has 0 amide bonds. The summed E-state index contributed by atoms with van der Waals surface area (Å²) in [5.41, 5.74) is -0.0739. The van der Waals surface area contributed by atoms with Crippen molar-refractivity contribution in [3.8, 4) is 41.2 Å². The van der Waals surface area contributed by atoms with E-state index in [0.29, 0.717) is 42.3 Å². The van der Waals surface area contributed by atoms with Crippen LogP contribution in [0.15, 0.2) is 24.3 Å². The van der Waals surface area contributed by atoms with Gasteiger partial charge in [0.05, 0.1) is 19.3 Å². The first-order valence-corrected chi connectivity index (χ1v) is 19.3. The summed E-state index contributed by atoms with van der Waals surface area (Å²) >= 11 is 0. The van der Waals surface area contributed by atoms with Gasteiger partial charge in [-0.1, -0.05) is 25.8 Å². The minimum Gasteiger partial charge on any atom is -0.508 e. The Bertz CT molecular complexity index is 2110. The Morgan fingerprint density at radius 2 is 1.71 bits per heavy atom. The van der Waals surface area contributed by atoms with E-state index in [9.17, 15) is 5.11 Å². The van der Waals surface area contributed by atoms with Gasteiger partial charge in [0.25, 0.3) is 6.47 Å². The molecule has 2 N–H and O–H groups in total. The topological polar surface area (TPSA) is 124 Å². The van der Waals surface area contributed by atoms with Gasteiger partial charge in [-0.2, -0.15) is 9.97 Å². The zero-order valence-corrected chi connectivity index (χ0v) is 32.2. The van der Waals surface area contributed by atoms with Crippen LogP contribution in [0.1, 0.15) is 65.4 Å². The fourth-order valence-corrected chi connectivity index (χ4v) is 9.08. The van der Waals surface area contributed by atoms with Gasteiger partial charge in [-0.05, 0) is 81.4 Å². The number of piperazine rings is 1. The number of nitrogens with zero attached hydrogens (tertiary/aromatic N) is 6. The quantitative estimate of drug-likeness (QED) is 0.125. The van der Waals surface area contributed by atoms with Crippen LogP contribution in [0.3, 0.4) is 0 Å². The van der Waals surface area contributed by atoms with E-state index in [0.717, 1.165) is 44.1 Å². The molecule has 4 aliphatic rings. The SMILES string of the molecule is C#Cc1c(F)ccc2cc(O)cc(-c3nc(OC)c4c(N5CC(CC)N(C(C)C)C(CC)C5)nc(OCC5(CN6CC7CC7C6)CC5)nc4c3F)c12.O=CO. The standard InChI is InChI=1S/C41H48F2N6O3.CH2O2/c1-7-27-19-48(20-28(8-2)49(27)23(4)5)38-34-37(45-40(46-38)52-22-41(12-13-41)21-47-17-25-14-26(25)18-47)35(43)36(44-39(34)51-6)31-16-29(50)15-24-10-11-32(42)30(9-3)33(24)31;2-1-3/h3,10-11,15-16,23,25-28,50H,7-8,12-14,17-22H2,1-2,4-6H3;1H,(H,2,3). The van der Waals surface area contributed by atoms with Gasteiger partial charge in [0, 0.05) is 67.2 Å². The molecule has 292 valence electrons. The Morgan fingerprint density at radius 3 is 2.29 bits per heavy atom. The second kappa shape index (κ2) is 15.4. The van der Waals surface area contributed by atoms with Crippen molar-refractivity contribution in [1.82, 2.24) is 24.8 Å². The highest BCUT2D eigenvalue weighted by Gasteiger charge is 2.51. The second-order valence-corrected chi connectivity index (χ2v) is 15.9. The number of pyridine rings is 1. The van der Waals surface area contributed by atoms with Crippen molar-refractivity contribution < 1.29 is 33.3 Å². The number of ether oxygens (including phenoxy) is 2. The van der Waals surface area contributed by atoms with Gasteiger partial charge in [0.15, 0.2) is 5.82 Å². The average molecular weight is 757 g/mol. The number of phenolic OH excluding ortho intramolecular Hbond substituents is 1. The van der Waals surface area contributed by atoms with E-state index in [-0.39, 0.29) is 69.3 Å². The van der Waals surface area contributed by atoms with Crippen LogP contribution in [0.4, 0.5) is 14.6 Å². The van der Waals surface area contributed by atoms with Gasteiger partial charge in [0.1, 0.15) is 34.0 Å². The number of likely N-dealkylation sites (tertiary alicyclic amines) is 1. The average Bonchev–Trinajstić information content (AvgIpc) is 4.08. The van der Waals surface area contributed by atoms with Crippen LogP contribution in [0, 0.1) is 41.2 Å². The molecule has 0 radical (unpaired) electrons. The number of rotatable bonds is 11. The molecule has 4 aromatic rings. The number of hydrogen-bond acceptors (Lipinski definition) is 10. The first-order chi connectivity index (χ1) is 26.5. The molecule has 13 heteroatoms. The van der Waals surface area contributed by atoms with Crippen LogP contribution in [-0.2, 0) is 4.79 Å². The number of aromatic nitrogens is 3. The summed E-state index contributed by atoms with van der Waals surface area (Å²) in [6.07, 6.45) is 11.1. The lowest BCUT2D eigenvalue weighted by molar-refractivity contribution is -0.122. The molecule has 0 bridgehead atoms. The first kappa shape index (κ1) is 38.5. The number of methoxy groups -OCH3 is 1. The highest BCUT2D eigenvalue weighted by atomic mass is 19.1. The molecule has 8 rings (SSSR count). The Labute approximate surface area is 320 Å². The van der Waals surface area contributed by atoms with E-state index >= 15 is 8.78 Å². The molecule has 4 fully saturated rings. The zero-order chi connectivity index (χ0) is 39.2. The van der Waals surface area contributed by atoms with Gasteiger partial charge in [-0.15, -0.1) is 6.42 Å². The summed E-state index contributed by atoms with van der Waals surface area (Å²) in [5, 5.41) is 18.7. The maximum atomic E-state index is 17.3. The summed E-state index contributed by atoms with van der Waals surface area (Å²) in [4.78, 5) is 30.2. The smallest absolute Gasteiger partial charge is 0.319 e. The lowest BCUT2D eigenvalue weighted by Crippen LogP contribution is -2.60. The number of piperidine rings is 1. The van der Waals surface area contributed by atoms with Crippen LogP contribution < -0.4 is 14.4 Å². The van der Waals surface area contributed by atoms with Gasteiger partial charge in [-0.3, -0.25) is 9.69 Å². The van der Waals surface area contributed by atoms with Crippen LogP contribution in [0.2, 0.25) is 0 Å². The van der Waals surface area contributed by atoms with Gasteiger partial charge < -0.3 is 29.5 Å². The van der Waals surface area contributed by atoms with Crippen molar-refractivity contribution in [1.29, 1.82) is 0 Å². The normalized spacial score (nSPS) is 22.9. The number of aromatic hydroxyl groups is 1. The Balaban J connectivity index is 0.00000150. The number of fused-ring (bicyclic) bond motifs is 3. The van der Waals surface area contributed by atoms with E-state index < -0.39 is 11.6 Å². The monoisotopic (exact) mass is 756 g/mol. The molecular weight excluding hydrogens is 706 g/mol. The van der Waals surface area contributed by atoms with Gasteiger partial charge in [-0.25, -0.2) is 13.8 Å². The third-order valence-electron chi connectivity index (χ3n) is 12.0. The molecular formula is C42H50F2N6O5. The van der Waals surface area contributed by atoms with Crippen LogP contribution >= 0.6 is 0 Å². The third kappa shape index (κ3) is 7.34. The lowest BCUT2D eigenvalue weighted by Gasteiger charge is -2.49. The molecule has 55 heavy (non-hydrogen) atoms. The van der Waals surface area contributed by atoms with E-state index in [1.807, 2.05) is 0 Å². The molecule has 2 saturated heterocycles. The summed E-state index contributed by atoms with van der Waals surface area (Å²) < 4.78 is 44.8. The van der Waals surface area contributed by atoms with Crippen LogP contribution in [0.5, 0.6) is 17.6 Å². The van der Waals surface area contributed by atoms with E-state index in [1.165, 1.54) is 50.9 Å². The first-order valence-electron chi connectivity index (χ1n) is 19.3. The fourth-order valence-electron chi connectivity index (χ4n) is 9.08. The maximum Gasteiger partial charge on any atom is 0.319 e. The fraction of sp³-hybridized carbons (Fsp3) is 0.524. The number of carboxylic acid groups (broad SMARTS) is 1. The van der Waals surface area contributed by atoms with Crippen molar-refractivity contribution in [2.24, 2.45) is 17.3 Å². The van der Waals surface area contributed by atoms with Gasteiger partial charge in [0.2, 0.25) is 5.88 Å². The molecule has 11 nitrogen and oxygen atoms in total. The highest BCUT2D eigenvalue weighted by molar-refractivity contribution is 6.04. The Morgan fingerprint density at radius 1 is 1.04 bits per heavy atom. The summed E-state index contributed by atoms with van der Waals surface area (Å²) in [7, 11) is 1.48. The van der Waals surface area contributed by atoms with Crippen molar-refractivity contribution in [3.63, 3.8) is 0 Å². The second-order valence-electron chi connectivity index (χ2n) is 15.9. The molecule has 2 aliphatic carbocycles. The van der Waals surface area contributed by atoms with Crippen molar-refractivity contribution in [2.45, 2.75) is 77.9 Å². The molecule has 2 aromatic carbocycles. The number of anilines is 1. The number of carbonyl (C=O) groups is 1. The third-order valence-corrected chi connectivity index (χ3v) is 12.0. The molecule has 2 aromatic heterocycles. The number of phenols is 1. The molecule has 4 heterocycles. The van der Waals surface area contributed by atoms with Gasteiger partial charge >= 0.3 is 6.01 Å². The minimum absolute atomic E-state index is 0.0196. The van der Waals surface area contributed by atoms with Crippen LogP contribution in [0.25, 0.3) is 32.9 Å². The van der Waals surface area contributed by atoms with E-state index in [1.54, 1.807) is 0 Å². The largest absolute Gasteiger partial charge is 0.508 e. The predicted octanol–water partition coefficient (Wildman–Crippen LogP) is 6.72. The molecule has 0 spiro atoms. The summed E-state index contributed by atoms with van der Waals surface area (Å²) in [6, 6.07) is 6.49. The predicted molar refractivity (Wildman–Crippen MR) is 208 cm³/mol. The van der Waals surface area contributed by atoms with E-state index in [4.69, 9.17) is 40.8 Å². The van der Waals surface area contributed by atoms with E-state index in [2.05, 4.69) is 48.3 Å². The number of halogens is 2.